The Morgan fingerprint density at radius 2 is 2.06 bits per heavy atom. The van der Waals surface area contributed by atoms with Gasteiger partial charge in [0.1, 0.15) is 0 Å². The van der Waals surface area contributed by atoms with Crippen molar-refractivity contribution in [3.8, 4) is 0 Å². The topological polar surface area (TPSA) is 44.8 Å². The van der Waals surface area contributed by atoms with Crippen LogP contribution in [-0.2, 0) is 19.0 Å². The Hall–Kier alpha value is -1.65. The van der Waals surface area contributed by atoms with Crippen LogP contribution >= 0.6 is 0 Å². The first kappa shape index (κ1) is 11.8. The zero-order valence-electron chi connectivity index (χ0n) is 9.59. The lowest BCUT2D eigenvalue weighted by molar-refractivity contribution is -0.134. The Kier molecular flexibility index (Phi) is 3.90. The summed E-state index contributed by atoms with van der Waals surface area (Å²) in [6, 6.07) is 7.64. The fraction of sp³-hybridized carbons (Fsp3) is 0.308. The molecule has 1 saturated heterocycles. The second-order valence-corrected chi connectivity index (χ2v) is 3.56. The normalized spacial score (nSPS) is 16.5. The number of methoxy groups -OCH3 is 1. The number of benzene rings is 1. The third kappa shape index (κ3) is 2.93. The first-order chi connectivity index (χ1) is 8.31. The Labute approximate surface area is 99.8 Å². The van der Waals surface area contributed by atoms with Crippen LogP contribution in [0, 0.1) is 0 Å². The first-order valence-corrected chi connectivity index (χ1v) is 5.39. The van der Waals surface area contributed by atoms with Gasteiger partial charge in [-0.3, -0.25) is 0 Å². The van der Waals surface area contributed by atoms with E-state index in [0.717, 1.165) is 11.1 Å². The van der Waals surface area contributed by atoms with E-state index in [1.165, 1.54) is 13.2 Å². The van der Waals surface area contributed by atoms with Crippen LogP contribution in [0.5, 0.6) is 0 Å². The minimum Gasteiger partial charge on any atom is -0.466 e. The van der Waals surface area contributed by atoms with Gasteiger partial charge in [0.2, 0.25) is 0 Å². The van der Waals surface area contributed by atoms with Crippen molar-refractivity contribution in [1.82, 2.24) is 0 Å². The molecule has 1 heterocycles. The number of hydrogen-bond donors (Lipinski definition) is 0. The van der Waals surface area contributed by atoms with Crippen molar-refractivity contribution < 1.29 is 19.0 Å². The van der Waals surface area contributed by atoms with E-state index in [1.807, 2.05) is 24.3 Å². The highest BCUT2D eigenvalue weighted by Crippen LogP contribution is 2.26. The van der Waals surface area contributed by atoms with Gasteiger partial charge in [0.15, 0.2) is 6.29 Å². The van der Waals surface area contributed by atoms with Gasteiger partial charge in [0, 0.05) is 11.6 Å². The summed E-state index contributed by atoms with van der Waals surface area (Å²) < 4.78 is 15.4. The summed E-state index contributed by atoms with van der Waals surface area (Å²) in [6.07, 6.45) is 2.74. The standard InChI is InChI=1S/C13H14O4/c1-15-12(14)7-6-10-4-2-3-5-11(10)13-16-8-9-17-13/h2-7,13H,8-9H2,1H3. The lowest BCUT2D eigenvalue weighted by Gasteiger charge is -2.12. The Balaban J connectivity index is 2.21. The molecule has 1 aromatic carbocycles. The second-order valence-electron chi connectivity index (χ2n) is 3.56. The highest BCUT2D eigenvalue weighted by Gasteiger charge is 2.19. The molecule has 0 unspecified atom stereocenters. The molecule has 1 fully saturated rings. The molecule has 1 aliphatic heterocycles. The van der Waals surface area contributed by atoms with E-state index in [4.69, 9.17) is 9.47 Å². The van der Waals surface area contributed by atoms with E-state index in [1.54, 1.807) is 6.08 Å². The maximum Gasteiger partial charge on any atom is 0.330 e. The molecule has 90 valence electrons. The summed E-state index contributed by atoms with van der Waals surface area (Å²) in [7, 11) is 1.35. The predicted octanol–water partition coefficient (Wildman–Crippen LogP) is 1.92. The molecule has 17 heavy (non-hydrogen) atoms. The van der Waals surface area contributed by atoms with Gasteiger partial charge in [-0.1, -0.05) is 24.3 Å². The van der Waals surface area contributed by atoms with Crippen LogP contribution in [0.15, 0.2) is 30.3 Å². The quantitative estimate of drug-likeness (QED) is 0.592. The van der Waals surface area contributed by atoms with E-state index in [0.29, 0.717) is 13.2 Å². The second kappa shape index (κ2) is 5.61. The van der Waals surface area contributed by atoms with Gasteiger partial charge in [-0.2, -0.15) is 0 Å². The molecule has 0 amide bonds. The zero-order chi connectivity index (χ0) is 12.1. The van der Waals surface area contributed by atoms with Gasteiger partial charge in [-0.25, -0.2) is 4.79 Å². The molecule has 2 rings (SSSR count). The van der Waals surface area contributed by atoms with Gasteiger partial charge in [-0.15, -0.1) is 0 Å². The van der Waals surface area contributed by atoms with Crippen LogP contribution in [0.25, 0.3) is 6.08 Å². The fourth-order valence-corrected chi connectivity index (χ4v) is 1.64. The van der Waals surface area contributed by atoms with Crippen molar-refractivity contribution in [1.29, 1.82) is 0 Å². The smallest absolute Gasteiger partial charge is 0.330 e. The minimum atomic E-state index is -0.381. The summed E-state index contributed by atoms with van der Waals surface area (Å²) in [5, 5.41) is 0. The summed E-state index contributed by atoms with van der Waals surface area (Å²) in [5.74, 6) is -0.381. The highest BCUT2D eigenvalue weighted by atomic mass is 16.7. The molecule has 0 aromatic heterocycles. The van der Waals surface area contributed by atoms with Crippen molar-refractivity contribution in [3.63, 3.8) is 0 Å². The minimum absolute atomic E-state index is 0.339. The van der Waals surface area contributed by atoms with Crippen molar-refractivity contribution in [2.24, 2.45) is 0 Å². The number of carbonyl (C=O) groups is 1. The van der Waals surface area contributed by atoms with Crippen molar-refractivity contribution in [3.05, 3.63) is 41.5 Å². The van der Waals surface area contributed by atoms with Crippen LogP contribution in [0.2, 0.25) is 0 Å². The lowest BCUT2D eigenvalue weighted by atomic mass is 10.1. The van der Waals surface area contributed by atoms with E-state index in [2.05, 4.69) is 4.74 Å². The third-order valence-corrected chi connectivity index (χ3v) is 2.47. The van der Waals surface area contributed by atoms with Crippen molar-refractivity contribution >= 4 is 12.0 Å². The number of hydrogen-bond acceptors (Lipinski definition) is 4. The van der Waals surface area contributed by atoms with Crippen LogP contribution < -0.4 is 0 Å². The monoisotopic (exact) mass is 234 g/mol. The molecule has 4 nitrogen and oxygen atoms in total. The fourth-order valence-electron chi connectivity index (χ4n) is 1.64. The molecule has 1 aromatic rings. The van der Waals surface area contributed by atoms with Crippen molar-refractivity contribution in [2.75, 3.05) is 20.3 Å². The van der Waals surface area contributed by atoms with E-state index in [-0.39, 0.29) is 12.3 Å². The molecular formula is C13H14O4. The Morgan fingerprint density at radius 3 is 2.76 bits per heavy atom. The van der Waals surface area contributed by atoms with E-state index < -0.39 is 0 Å². The molecule has 1 aliphatic rings. The Bertz CT molecular complexity index is 419. The molecule has 0 aliphatic carbocycles. The average molecular weight is 234 g/mol. The maximum absolute atomic E-state index is 11.0. The summed E-state index contributed by atoms with van der Waals surface area (Å²) in [6.45, 7) is 1.19. The number of rotatable bonds is 3. The van der Waals surface area contributed by atoms with Gasteiger partial charge in [0.05, 0.1) is 20.3 Å². The predicted molar refractivity (Wildman–Crippen MR) is 62.1 cm³/mol. The largest absolute Gasteiger partial charge is 0.466 e. The number of esters is 1. The van der Waals surface area contributed by atoms with Crippen LogP contribution in [-0.4, -0.2) is 26.3 Å². The SMILES string of the molecule is COC(=O)C=Cc1ccccc1C1OCCO1. The molecule has 0 radical (unpaired) electrons. The number of ether oxygens (including phenoxy) is 3. The van der Waals surface area contributed by atoms with Gasteiger partial charge >= 0.3 is 5.97 Å². The van der Waals surface area contributed by atoms with Gasteiger partial charge < -0.3 is 14.2 Å². The average Bonchev–Trinajstić information content (AvgIpc) is 2.90. The van der Waals surface area contributed by atoms with Gasteiger partial charge in [-0.05, 0) is 11.6 Å². The molecule has 0 N–H and O–H groups in total. The molecule has 0 saturated carbocycles. The summed E-state index contributed by atoms with van der Waals surface area (Å²) in [5.41, 5.74) is 1.81. The van der Waals surface area contributed by atoms with Crippen LogP contribution in [0.1, 0.15) is 17.4 Å². The molecular weight excluding hydrogens is 220 g/mol. The van der Waals surface area contributed by atoms with Crippen LogP contribution in [0.3, 0.4) is 0 Å². The summed E-state index contributed by atoms with van der Waals surface area (Å²) in [4.78, 5) is 11.0. The lowest BCUT2D eigenvalue weighted by Crippen LogP contribution is -2.01. The van der Waals surface area contributed by atoms with Crippen LogP contribution in [0.4, 0.5) is 0 Å². The van der Waals surface area contributed by atoms with Gasteiger partial charge in [0.25, 0.3) is 0 Å². The number of carbonyl (C=O) groups excluding carboxylic acids is 1. The molecule has 4 heteroatoms. The maximum atomic E-state index is 11.0. The van der Waals surface area contributed by atoms with E-state index in [9.17, 15) is 4.79 Å². The first-order valence-electron chi connectivity index (χ1n) is 5.39. The third-order valence-electron chi connectivity index (χ3n) is 2.47. The molecule has 0 spiro atoms. The summed E-state index contributed by atoms with van der Waals surface area (Å²) >= 11 is 0. The van der Waals surface area contributed by atoms with E-state index >= 15 is 0 Å². The highest BCUT2D eigenvalue weighted by molar-refractivity contribution is 5.87. The van der Waals surface area contributed by atoms with Crippen molar-refractivity contribution in [2.45, 2.75) is 6.29 Å². The molecule has 0 bridgehead atoms. The Morgan fingerprint density at radius 1 is 1.35 bits per heavy atom. The zero-order valence-corrected chi connectivity index (χ0v) is 9.59. The molecule has 0 atom stereocenters.